The summed E-state index contributed by atoms with van der Waals surface area (Å²) in [7, 11) is 0. The van der Waals surface area contributed by atoms with Crippen LogP contribution in [0.2, 0.25) is 0 Å². The quantitative estimate of drug-likeness (QED) is 0.932. The zero-order valence-corrected chi connectivity index (χ0v) is 11.7. The minimum Gasteiger partial charge on any atom is -0.389 e. The minimum atomic E-state index is -0.542. The minimum absolute atomic E-state index is 0.542. The third kappa shape index (κ3) is 3.00. The number of thiazole rings is 1. The molecule has 3 rings (SSSR count). The zero-order valence-electron chi connectivity index (χ0n) is 10.9. The molecule has 0 amide bonds. The Labute approximate surface area is 116 Å². The van der Waals surface area contributed by atoms with Crippen molar-refractivity contribution in [3.05, 3.63) is 35.5 Å². The Morgan fingerprint density at radius 1 is 1.47 bits per heavy atom. The molecule has 1 aliphatic heterocycles. The van der Waals surface area contributed by atoms with Crippen LogP contribution in [0.5, 0.6) is 0 Å². The molecule has 0 radical (unpaired) electrons. The molecule has 19 heavy (non-hydrogen) atoms. The second-order valence-corrected chi connectivity index (χ2v) is 6.17. The number of hydrogen-bond donors (Lipinski definition) is 1. The van der Waals surface area contributed by atoms with Gasteiger partial charge in [-0.05, 0) is 25.5 Å². The molecule has 3 heterocycles. The SMILES string of the molecule is CC1(O)CCN(Cc2csc(-c3ccccn3)n2)C1. The van der Waals surface area contributed by atoms with Crippen molar-refractivity contribution in [2.24, 2.45) is 0 Å². The second-order valence-electron chi connectivity index (χ2n) is 5.32. The third-order valence-electron chi connectivity index (χ3n) is 3.35. The topological polar surface area (TPSA) is 49.2 Å². The number of β-amino-alcohol motifs (C(OH)–C–C–N with tert-alkyl or cyclic N) is 1. The van der Waals surface area contributed by atoms with Crippen LogP contribution in [0.4, 0.5) is 0 Å². The average molecular weight is 275 g/mol. The Morgan fingerprint density at radius 3 is 3.05 bits per heavy atom. The fourth-order valence-corrected chi connectivity index (χ4v) is 3.18. The van der Waals surface area contributed by atoms with Crippen LogP contribution in [0.15, 0.2) is 29.8 Å². The molecule has 0 aromatic carbocycles. The summed E-state index contributed by atoms with van der Waals surface area (Å²) in [6.07, 6.45) is 2.62. The number of rotatable bonds is 3. The van der Waals surface area contributed by atoms with Crippen LogP contribution in [0.1, 0.15) is 19.0 Å². The van der Waals surface area contributed by atoms with E-state index in [1.165, 1.54) is 0 Å². The lowest BCUT2D eigenvalue weighted by atomic mass is 10.1. The van der Waals surface area contributed by atoms with E-state index in [1.54, 1.807) is 17.5 Å². The van der Waals surface area contributed by atoms with Gasteiger partial charge in [0.05, 0.1) is 17.0 Å². The highest BCUT2D eigenvalue weighted by Crippen LogP contribution is 2.25. The summed E-state index contributed by atoms with van der Waals surface area (Å²) in [5.41, 5.74) is 1.44. The van der Waals surface area contributed by atoms with E-state index in [-0.39, 0.29) is 0 Å². The molecular formula is C14H17N3OS. The fourth-order valence-electron chi connectivity index (χ4n) is 2.39. The van der Waals surface area contributed by atoms with Crippen LogP contribution in [-0.2, 0) is 6.54 Å². The van der Waals surface area contributed by atoms with Gasteiger partial charge in [0.2, 0.25) is 0 Å². The summed E-state index contributed by atoms with van der Waals surface area (Å²) in [4.78, 5) is 11.2. The average Bonchev–Trinajstić information content (AvgIpc) is 2.98. The van der Waals surface area contributed by atoms with Gasteiger partial charge in [0, 0.05) is 31.2 Å². The molecule has 0 aliphatic carbocycles. The van der Waals surface area contributed by atoms with E-state index in [2.05, 4.69) is 20.2 Å². The summed E-state index contributed by atoms with van der Waals surface area (Å²) >= 11 is 1.62. The molecule has 2 aromatic rings. The highest BCUT2D eigenvalue weighted by molar-refractivity contribution is 7.13. The van der Waals surface area contributed by atoms with Crippen LogP contribution in [0, 0.1) is 0 Å². The molecule has 0 saturated carbocycles. The van der Waals surface area contributed by atoms with Gasteiger partial charge in [-0.1, -0.05) is 6.07 Å². The molecule has 1 saturated heterocycles. The van der Waals surface area contributed by atoms with E-state index >= 15 is 0 Å². The number of likely N-dealkylation sites (tertiary alicyclic amines) is 1. The number of hydrogen-bond acceptors (Lipinski definition) is 5. The van der Waals surface area contributed by atoms with E-state index in [4.69, 9.17) is 0 Å². The fraction of sp³-hybridized carbons (Fsp3) is 0.429. The number of nitrogens with zero attached hydrogens (tertiary/aromatic N) is 3. The first-order valence-corrected chi connectivity index (χ1v) is 7.31. The summed E-state index contributed by atoms with van der Waals surface area (Å²) in [6.45, 7) is 4.36. The molecule has 1 unspecified atom stereocenters. The van der Waals surface area contributed by atoms with E-state index < -0.39 is 5.60 Å². The van der Waals surface area contributed by atoms with Crippen molar-refractivity contribution in [3.63, 3.8) is 0 Å². The third-order valence-corrected chi connectivity index (χ3v) is 4.27. The predicted molar refractivity (Wildman–Crippen MR) is 75.9 cm³/mol. The maximum absolute atomic E-state index is 9.96. The van der Waals surface area contributed by atoms with E-state index in [1.807, 2.05) is 25.1 Å². The largest absolute Gasteiger partial charge is 0.389 e. The molecule has 1 atom stereocenters. The van der Waals surface area contributed by atoms with Gasteiger partial charge in [-0.25, -0.2) is 4.98 Å². The van der Waals surface area contributed by atoms with Gasteiger partial charge in [-0.2, -0.15) is 0 Å². The first-order chi connectivity index (χ1) is 9.12. The maximum Gasteiger partial charge on any atom is 0.142 e. The summed E-state index contributed by atoms with van der Waals surface area (Å²) < 4.78 is 0. The standard InChI is InChI=1S/C14H17N3OS/c1-14(18)5-7-17(10-14)8-11-9-19-13(16-11)12-4-2-3-6-15-12/h2-4,6,9,18H,5,7-8,10H2,1H3. The smallest absolute Gasteiger partial charge is 0.142 e. The lowest BCUT2D eigenvalue weighted by Gasteiger charge is -2.17. The van der Waals surface area contributed by atoms with Gasteiger partial charge in [0.15, 0.2) is 0 Å². The van der Waals surface area contributed by atoms with Crippen molar-refractivity contribution >= 4 is 11.3 Å². The molecule has 4 nitrogen and oxygen atoms in total. The van der Waals surface area contributed by atoms with Gasteiger partial charge in [0.25, 0.3) is 0 Å². The highest BCUT2D eigenvalue weighted by Gasteiger charge is 2.31. The first-order valence-electron chi connectivity index (χ1n) is 6.43. The molecule has 1 fully saturated rings. The van der Waals surface area contributed by atoms with Gasteiger partial charge >= 0.3 is 0 Å². The van der Waals surface area contributed by atoms with E-state index in [0.717, 1.165) is 42.5 Å². The lowest BCUT2D eigenvalue weighted by molar-refractivity contribution is 0.0678. The summed E-state index contributed by atoms with van der Waals surface area (Å²) in [5, 5.41) is 13.0. The lowest BCUT2D eigenvalue weighted by Crippen LogP contribution is -2.29. The van der Waals surface area contributed by atoms with Crippen molar-refractivity contribution in [1.29, 1.82) is 0 Å². The van der Waals surface area contributed by atoms with Gasteiger partial charge in [-0.15, -0.1) is 11.3 Å². The van der Waals surface area contributed by atoms with Crippen LogP contribution >= 0.6 is 11.3 Å². The molecule has 2 aromatic heterocycles. The molecule has 100 valence electrons. The zero-order chi connectivity index (χ0) is 13.3. The Bertz CT molecular complexity index is 553. The van der Waals surface area contributed by atoms with Crippen LogP contribution < -0.4 is 0 Å². The van der Waals surface area contributed by atoms with Crippen molar-refractivity contribution < 1.29 is 5.11 Å². The van der Waals surface area contributed by atoms with Crippen LogP contribution in [0.3, 0.4) is 0 Å². The summed E-state index contributed by atoms with van der Waals surface area (Å²) in [6, 6.07) is 5.86. The normalized spacial score (nSPS) is 23.9. The number of aromatic nitrogens is 2. The number of aliphatic hydroxyl groups is 1. The first kappa shape index (κ1) is 12.7. The Morgan fingerprint density at radius 2 is 2.37 bits per heavy atom. The molecular weight excluding hydrogens is 258 g/mol. The highest BCUT2D eigenvalue weighted by atomic mass is 32.1. The van der Waals surface area contributed by atoms with Crippen molar-refractivity contribution in [1.82, 2.24) is 14.9 Å². The Balaban J connectivity index is 1.69. The van der Waals surface area contributed by atoms with Crippen LogP contribution in [0.25, 0.3) is 10.7 Å². The monoisotopic (exact) mass is 275 g/mol. The van der Waals surface area contributed by atoms with Gasteiger partial charge in [0.1, 0.15) is 5.01 Å². The van der Waals surface area contributed by atoms with Gasteiger partial charge < -0.3 is 5.11 Å². The Hall–Kier alpha value is -1.30. The molecule has 1 N–H and O–H groups in total. The molecule has 5 heteroatoms. The predicted octanol–water partition coefficient (Wildman–Crippen LogP) is 2.16. The maximum atomic E-state index is 9.96. The second kappa shape index (κ2) is 5.00. The van der Waals surface area contributed by atoms with Crippen molar-refractivity contribution in [2.45, 2.75) is 25.5 Å². The van der Waals surface area contributed by atoms with Crippen LogP contribution in [-0.4, -0.2) is 38.7 Å². The van der Waals surface area contributed by atoms with Crippen molar-refractivity contribution in [2.75, 3.05) is 13.1 Å². The molecule has 1 aliphatic rings. The van der Waals surface area contributed by atoms with Crippen molar-refractivity contribution in [3.8, 4) is 10.7 Å². The number of pyridine rings is 1. The molecule has 0 bridgehead atoms. The molecule has 0 spiro atoms. The van der Waals surface area contributed by atoms with E-state index in [9.17, 15) is 5.11 Å². The summed E-state index contributed by atoms with van der Waals surface area (Å²) in [5.74, 6) is 0. The Kier molecular flexibility index (Phi) is 3.35. The van der Waals surface area contributed by atoms with Gasteiger partial charge in [-0.3, -0.25) is 9.88 Å². The van der Waals surface area contributed by atoms with E-state index in [0.29, 0.717) is 0 Å².